The number of fused-ring (bicyclic) bond motifs is 3. The number of rotatable bonds is 3. The van der Waals surface area contributed by atoms with E-state index in [4.69, 9.17) is 4.74 Å². The number of nitrogens with zero attached hydrogens (tertiary/aromatic N) is 1. The molecule has 1 saturated heterocycles. The molecule has 3 heterocycles. The van der Waals surface area contributed by atoms with Crippen LogP contribution in [-0.4, -0.2) is 54.0 Å². The van der Waals surface area contributed by atoms with Crippen molar-refractivity contribution in [3.63, 3.8) is 0 Å². The van der Waals surface area contributed by atoms with Crippen LogP contribution in [0.3, 0.4) is 0 Å². The number of nitrogens with one attached hydrogen (secondary N) is 2. The fourth-order valence-electron chi connectivity index (χ4n) is 4.03. The summed E-state index contributed by atoms with van der Waals surface area (Å²) in [6.45, 7) is 2.59. The first-order valence-corrected chi connectivity index (χ1v) is 9.34. The first-order chi connectivity index (χ1) is 13.5. The van der Waals surface area contributed by atoms with Crippen molar-refractivity contribution in [2.45, 2.75) is 25.5 Å². The Morgan fingerprint density at radius 2 is 2.21 bits per heavy atom. The lowest BCUT2D eigenvalue weighted by molar-refractivity contribution is 0.0691. The van der Waals surface area contributed by atoms with Crippen LogP contribution in [0.25, 0.3) is 11.3 Å². The highest BCUT2D eigenvalue weighted by Gasteiger charge is 2.26. The van der Waals surface area contributed by atoms with Gasteiger partial charge in [-0.2, -0.15) is 0 Å². The first-order valence-electron chi connectivity index (χ1n) is 9.34. The fraction of sp³-hybridized carbons (Fsp3) is 0.400. The maximum Gasteiger partial charge on any atom is 0.345 e. The van der Waals surface area contributed by atoms with Crippen LogP contribution in [0.4, 0.5) is 5.69 Å². The minimum atomic E-state index is -1.45. The van der Waals surface area contributed by atoms with E-state index in [0.29, 0.717) is 36.9 Å². The van der Waals surface area contributed by atoms with Gasteiger partial charge in [0.1, 0.15) is 5.75 Å². The van der Waals surface area contributed by atoms with E-state index in [-0.39, 0.29) is 0 Å². The number of H-pyrrole nitrogens is 1. The molecule has 1 aromatic heterocycles. The number of carboxylic acids is 1. The topological polar surface area (TPSA) is 115 Å². The molecule has 8 heteroatoms. The number of carbonyl (C=O) groups is 1. The second-order valence-electron chi connectivity index (χ2n) is 7.20. The second kappa shape index (κ2) is 7.29. The molecule has 4 rings (SSSR count). The summed E-state index contributed by atoms with van der Waals surface area (Å²) in [5.74, 6) is -1.93. The van der Waals surface area contributed by atoms with Crippen LogP contribution in [0.1, 0.15) is 27.9 Å². The van der Waals surface area contributed by atoms with Crippen LogP contribution >= 0.6 is 0 Å². The summed E-state index contributed by atoms with van der Waals surface area (Å²) in [6, 6.07) is 6.40. The molecule has 1 aromatic carbocycles. The van der Waals surface area contributed by atoms with Crippen molar-refractivity contribution in [1.82, 2.24) is 10.3 Å². The molecule has 0 saturated carbocycles. The number of pyridine rings is 1. The maximum absolute atomic E-state index is 12.3. The zero-order valence-electron chi connectivity index (χ0n) is 15.6. The standard InChI is InChI=1S/C20H23N3O5/c1-21-12-4-6-23(9-12)13-2-3-14-11(8-13)10-28-7-5-15-17(14)22-19(25)16(18(15)24)20(26)27/h2-3,8,12,21H,4-7,9-10H2,1H3,(H,26,27)(H2,22,24,25). The summed E-state index contributed by atoms with van der Waals surface area (Å²) < 4.78 is 5.72. The van der Waals surface area contributed by atoms with Crippen molar-refractivity contribution in [3.05, 3.63) is 45.2 Å². The Balaban J connectivity index is 1.81. The van der Waals surface area contributed by atoms with Gasteiger partial charge in [0.2, 0.25) is 0 Å². The average molecular weight is 385 g/mol. The molecular formula is C20H23N3O5. The minimum absolute atomic E-state index is 0.315. The predicted molar refractivity (Wildman–Crippen MR) is 104 cm³/mol. The van der Waals surface area contributed by atoms with Gasteiger partial charge in [-0.1, -0.05) is 6.07 Å². The smallest absolute Gasteiger partial charge is 0.345 e. The lowest BCUT2D eigenvalue weighted by atomic mass is 9.95. The van der Waals surface area contributed by atoms with E-state index >= 15 is 0 Å². The van der Waals surface area contributed by atoms with Gasteiger partial charge < -0.3 is 30.2 Å². The van der Waals surface area contributed by atoms with Gasteiger partial charge in [0.15, 0.2) is 5.56 Å². The van der Waals surface area contributed by atoms with Gasteiger partial charge >= 0.3 is 5.97 Å². The molecule has 8 nitrogen and oxygen atoms in total. The van der Waals surface area contributed by atoms with Gasteiger partial charge in [0, 0.05) is 42.4 Å². The fourth-order valence-corrected chi connectivity index (χ4v) is 4.03. The number of likely N-dealkylation sites (N-methyl/N-ethyl adjacent to an activating group) is 1. The molecule has 0 aliphatic carbocycles. The third kappa shape index (κ3) is 3.14. The summed E-state index contributed by atoms with van der Waals surface area (Å²) in [4.78, 5) is 28.6. The number of aromatic hydroxyl groups is 1. The van der Waals surface area contributed by atoms with Gasteiger partial charge in [0.25, 0.3) is 5.56 Å². The van der Waals surface area contributed by atoms with Gasteiger partial charge in [-0.15, -0.1) is 0 Å². The molecule has 2 aliphatic rings. The van der Waals surface area contributed by atoms with Crippen LogP contribution in [0.5, 0.6) is 5.75 Å². The van der Waals surface area contributed by atoms with Crippen LogP contribution < -0.4 is 15.8 Å². The van der Waals surface area contributed by atoms with Crippen molar-refractivity contribution in [2.24, 2.45) is 0 Å². The summed E-state index contributed by atoms with van der Waals surface area (Å²) in [5.41, 5.74) is 2.13. The Hall–Kier alpha value is -2.84. The van der Waals surface area contributed by atoms with Crippen LogP contribution in [0, 0.1) is 0 Å². The van der Waals surface area contributed by atoms with E-state index in [1.165, 1.54) is 0 Å². The molecule has 0 amide bonds. The van der Waals surface area contributed by atoms with Gasteiger partial charge in [-0.25, -0.2) is 4.79 Å². The third-order valence-electron chi connectivity index (χ3n) is 5.58. The maximum atomic E-state index is 12.3. The average Bonchev–Trinajstić information content (AvgIpc) is 3.13. The number of hydrogen-bond donors (Lipinski definition) is 4. The quantitative estimate of drug-likeness (QED) is 0.630. The van der Waals surface area contributed by atoms with Gasteiger partial charge in [-0.3, -0.25) is 4.79 Å². The number of carboxylic acid groups (broad SMARTS) is 1. The number of ether oxygens (including phenoxy) is 1. The highest BCUT2D eigenvalue weighted by molar-refractivity contribution is 5.92. The summed E-state index contributed by atoms with van der Waals surface area (Å²) in [7, 11) is 1.97. The molecule has 1 fully saturated rings. The molecule has 2 aliphatic heterocycles. The van der Waals surface area contributed by atoms with Crippen molar-refractivity contribution < 1.29 is 19.7 Å². The molecular weight excluding hydrogens is 362 g/mol. The van der Waals surface area contributed by atoms with E-state index in [1.807, 2.05) is 25.2 Å². The third-order valence-corrected chi connectivity index (χ3v) is 5.58. The highest BCUT2D eigenvalue weighted by Crippen LogP contribution is 2.35. The van der Waals surface area contributed by atoms with E-state index in [0.717, 1.165) is 36.3 Å². The van der Waals surface area contributed by atoms with Crippen LogP contribution in [0.2, 0.25) is 0 Å². The molecule has 1 unspecified atom stereocenters. The number of hydrogen-bond acceptors (Lipinski definition) is 6. The predicted octanol–water partition coefficient (Wildman–Crippen LogP) is 1.32. The summed E-state index contributed by atoms with van der Waals surface area (Å²) in [5, 5.41) is 23.0. The van der Waals surface area contributed by atoms with Crippen molar-refractivity contribution >= 4 is 11.7 Å². The summed E-state index contributed by atoms with van der Waals surface area (Å²) >= 11 is 0. The molecule has 1 atom stereocenters. The molecule has 4 N–H and O–H groups in total. The number of benzene rings is 1. The Morgan fingerprint density at radius 3 is 2.93 bits per heavy atom. The van der Waals surface area contributed by atoms with Crippen LogP contribution in [0.15, 0.2) is 23.0 Å². The molecule has 0 radical (unpaired) electrons. The molecule has 28 heavy (non-hydrogen) atoms. The lowest BCUT2D eigenvalue weighted by Gasteiger charge is -2.23. The zero-order valence-corrected chi connectivity index (χ0v) is 15.6. The Kier molecular flexibility index (Phi) is 4.82. The highest BCUT2D eigenvalue weighted by atomic mass is 16.5. The second-order valence-corrected chi connectivity index (χ2v) is 7.20. The molecule has 2 aromatic rings. The largest absolute Gasteiger partial charge is 0.506 e. The van der Waals surface area contributed by atoms with Gasteiger partial charge in [-0.05, 0) is 31.2 Å². The number of aromatic carboxylic acids is 1. The van der Waals surface area contributed by atoms with E-state index in [9.17, 15) is 19.8 Å². The monoisotopic (exact) mass is 385 g/mol. The van der Waals surface area contributed by atoms with Gasteiger partial charge in [0.05, 0.1) is 18.9 Å². The van der Waals surface area contributed by atoms with E-state index in [2.05, 4.69) is 15.2 Å². The number of anilines is 1. The molecule has 0 spiro atoms. The Bertz CT molecular complexity index is 985. The zero-order chi connectivity index (χ0) is 19.8. The van der Waals surface area contributed by atoms with E-state index in [1.54, 1.807) is 0 Å². The lowest BCUT2D eigenvalue weighted by Crippen LogP contribution is -2.29. The van der Waals surface area contributed by atoms with Crippen LogP contribution in [-0.2, 0) is 17.8 Å². The minimum Gasteiger partial charge on any atom is -0.506 e. The first kappa shape index (κ1) is 18.5. The normalized spacial score (nSPS) is 18.9. The van der Waals surface area contributed by atoms with E-state index < -0.39 is 22.8 Å². The summed E-state index contributed by atoms with van der Waals surface area (Å²) in [6.07, 6.45) is 1.39. The molecule has 0 bridgehead atoms. The van der Waals surface area contributed by atoms with Crippen molar-refractivity contribution in [1.29, 1.82) is 0 Å². The number of aromatic amines is 1. The number of aromatic nitrogens is 1. The molecule has 148 valence electrons. The SMILES string of the molecule is CNC1CCN(c2ccc3c(c2)COCCc2c-3[nH]c(=O)c(C(=O)O)c2O)C1. The Labute approximate surface area is 161 Å². The Morgan fingerprint density at radius 1 is 1.39 bits per heavy atom. The van der Waals surface area contributed by atoms with Crippen molar-refractivity contribution in [3.8, 4) is 17.0 Å². The van der Waals surface area contributed by atoms with Crippen molar-refractivity contribution in [2.75, 3.05) is 31.6 Å².